The number of likely N-dealkylation sites (tertiary alicyclic amines) is 1. The first-order chi connectivity index (χ1) is 8.61. The van der Waals surface area contributed by atoms with Crippen molar-refractivity contribution in [3.8, 4) is 0 Å². The number of aromatic nitrogens is 2. The molecule has 1 saturated heterocycles. The third-order valence-corrected chi connectivity index (χ3v) is 3.71. The summed E-state index contributed by atoms with van der Waals surface area (Å²) >= 11 is 0. The largest absolute Gasteiger partial charge is 0.337 e. The van der Waals surface area contributed by atoms with Gasteiger partial charge in [0.1, 0.15) is 0 Å². The number of rotatable bonds is 3. The second-order valence-electron chi connectivity index (χ2n) is 5.13. The molecule has 2 N–H and O–H groups in total. The average molecular weight is 287 g/mol. The van der Waals surface area contributed by atoms with Gasteiger partial charge in [0.25, 0.3) is 5.91 Å². The topological polar surface area (TPSA) is 64.2 Å². The molecule has 0 radical (unpaired) electrons. The number of halogens is 1. The molecule has 1 unspecified atom stereocenters. The molecule has 1 fully saturated rings. The van der Waals surface area contributed by atoms with Gasteiger partial charge in [-0.3, -0.25) is 9.48 Å². The third-order valence-electron chi connectivity index (χ3n) is 3.71. The molecule has 0 bridgehead atoms. The van der Waals surface area contributed by atoms with Crippen LogP contribution in [0.2, 0.25) is 0 Å². The predicted molar refractivity (Wildman–Crippen MR) is 77.5 cm³/mol. The smallest absolute Gasteiger partial charge is 0.274 e. The molecule has 1 aromatic rings. The van der Waals surface area contributed by atoms with Crippen LogP contribution in [0, 0.1) is 12.8 Å². The summed E-state index contributed by atoms with van der Waals surface area (Å²) in [6.07, 6.45) is 3.26. The molecule has 108 valence electrons. The lowest BCUT2D eigenvalue weighted by Crippen LogP contribution is -2.40. The van der Waals surface area contributed by atoms with Crippen LogP contribution >= 0.6 is 12.4 Å². The Morgan fingerprint density at radius 2 is 2.32 bits per heavy atom. The van der Waals surface area contributed by atoms with Crippen LogP contribution < -0.4 is 5.73 Å². The fraction of sp³-hybridized carbons (Fsp3) is 0.692. The Morgan fingerprint density at radius 3 is 2.89 bits per heavy atom. The van der Waals surface area contributed by atoms with E-state index in [-0.39, 0.29) is 18.3 Å². The lowest BCUT2D eigenvalue weighted by Gasteiger charge is -2.32. The highest BCUT2D eigenvalue weighted by atomic mass is 35.5. The van der Waals surface area contributed by atoms with E-state index in [1.54, 1.807) is 4.68 Å². The van der Waals surface area contributed by atoms with Gasteiger partial charge >= 0.3 is 0 Å². The number of carbonyl (C=O) groups excluding carboxylic acids is 1. The van der Waals surface area contributed by atoms with E-state index in [1.807, 2.05) is 24.9 Å². The minimum absolute atomic E-state index is 0. The van der Waals surface area contributed by atoms with E-state index in [9.17, 15) is 4.79 Å². The van der Waals surface area contributed by atoms with Crippen molar-refractivity contribution in [2.45, 2.75) is 26.2 Å². The maximum atomic E-state index is 12.3. The van der Waals surface area contributed by atoms with E-state index in [2.05, 4.69) is 5.10 Å². The van der Waals surface area contributed by atoms with E-state index in [1.165, 1.54) is 6.42 Å². The molecule has 0 aliphatic carbocycles. The SMILES string of the molecule is Cc1cc(C(=O)N2CCCC(CCN)C2)nn1C.Cl. The first-order valence-corrected chi connectivity index (χ1v) is 6.61. The molecule has 0 saturated carbocycles. The van der Waals surface area contributed by atoms with Gasteiger partial charge in [0.15, 0.2) is 5.69 Å². The highest BCUT2D eigenvalue weighted by Gasteiger charge is 2.25. The first-order valence-electron chi connectivity index (χ1n) is 6.61. The molecule has 6 heteroatoms. The molecule has 1 aliphatic heterocycles. The predicted octanol–water partition coefficient (Wildman–Crippen LogP) is 1.35. The van der Waals surface area contributed by atoms with Gasteiger partial charge in [-0.1, -0.05) is 0 Å². The molecular formula is C13H23ClN4O. The summed E-state index contributed by atoms with van der Waals surface area (Å²) in [4.78, 5) is 14.3. The van der Waals surface area contributed by atoms with Crippen molar-refractivity contribution in [1.29, 1.82) is 0 Å². The Kier molecular flexibility index (Phi) is 5.82. The molecule has 1 aliphatic rings. The molecular weight excluding hydrogens is 264 g/mol. The number of piperidine rings is 1. The zero-order valence-corrected chi connectivity index (χ0v) is 12.4. The zero-order chi connectivity index (χ0) is 13.1. The van der Waals surface area contributed by atoms with Gasteiger partial charge in [0, 0.05) is 25.8 Å². The molecule has 2 heterocycles. The van der Waals surface area contributed by atoms with E-state index >= 15 is 0 Å². The van der Waals surface area contributed by atoms with Crippen molar-refractivity contribution in [1.82, 2.24) is 14.7 Å². The van der Waals surface area contributed by atoms with Crippen molar-refractivity contribution in [2.24, 2.45) is 18.7 Å². The maximum absolute atomic E-state index is 12.3. The standard InChI is InChI=1S/C13H22N4O.ClH/c1-10-8-12(15-16(10)2)13(18)17-7-3-4-11(9-17)5-6-14;/h8,11H,3-7,9,14H2,1-2H3;1H. The minimum atomic E-state index is 0. The average Bonchev–Trinajstić information content (AvgIpc) is 2.69. The Labute approximate surface area is 120 Å². The highest BCUT2D eigenvalue weighted by Crippen LogP contribution is 2.20. The minimum Gasteiger partial charge on any atom is -0.337 e. The van der Waals surface area contributed by atoms with Gasteiger partial charge in [-0.15, -0.1) is 12.4 Å². The summed E-state index contributed by atoms with van der Waals surface area (Å²) in [6.45, 7) is 4.33. The summed E-state index contributed by atoms with van der Waals surface area (Å²) < 4.78 is 1.74. The van der Waals surface area contributed by atoms with Crippen LogP contribution in [0.1, 0.15) is 35.4 Å². The van der Waals surface area contributed by atoms with Crippen molar-refractivity contribution in [2.75, 3.05) is 19.6 Å². The van der Waals surface area contributed by atoms with Crippen LogP contribution in [0.3, 0.4) is 0 Å². The van der Waals surface area contributed by atoms with Crippen molar-refractivity contribution in [3.05, 3.63) is 17.5 Å². The molecule has 19 heavy (non-hydrogen) atoms. The highest BCUT2D eigenvalue weighted by molar-refractivity contribution is 5.92. The van der Waals surface area contributed by atoms with Gasteiger partial charge in [-0.25, -0.2) is 0 Å². The van der Waals surface area contributed by atoms with Gasteiger partial charge < -0.3 is 10.6 Å². The van der Waals surface area contributed by atoms with Crippen LogP contribution in [0.5, 0.6) is 0 Å². The number of carbonyl (C=O) groups is 1. The van der Waals surface area contributed by atoms with E-state index in [4.69, 9.17) is 5.73 Å². The fourth-order valence-electron chi connectivity index (χ4n) is 2.55. The maximum Gasteiger partial charge on any atom is 0.274 e. The summed E-state index contributed by atoms with van der Waals surface area (Å²) in [5.74, 6) is 0.609. The molecule has 5 nitrogen and oxygen atoms in total. The molecule has 1 atom stereocenters. The van der Waals surface area contributed by atoms with E-state index in [0.29, 0.717) is 18.2 Å². The second kappa shape index (κ2) is 6.91. The quantitative estimate of drug-likeness (QED) is 0.912. The van der Waals surface area contributed by atoms with Gasteiger partial charge in [0.05, 0.1) is 0 Å². The van der Waals surface area contributed by atoms with Crippen LogP contribution in [-0.4, -0.2) is 40.2 Å². The summed E-state index contributed by atoms with van der Waals surface area (Å²) in [6, 6.07) is 1.86. The lowest BCUT2D eigenvalue weighted by atomic mass is 9.94. The van der Waals surface area contributed by atoms with Crippen molar-refractivity contribution < 1.29 is 4.79 Å². The molecule has 0 spiro atoms. The number of amides is 1. The Hall–Kier alpha value is -1.07. The van der Waals surface area contributed by atoms with Gasteiger partial charge in [-0.05, 0) is 44.7 Å². The summed E-state index contributed by atoms with van der Waals surface area (Å²) in [5.41, 5.74) is 7.16. The number of hydrogen-bond donors (Lipinski definition) is 1. The Balaban J connectivity index is 0.00000180. The van der Waals surface area contributed by atoms with Gasteiger partial charge in [-0.2, -0.15) is 5.10 Å². The second-order valence-corrected chi connectivity index (χ2v) is 5.13. The normalized spacial score (nSPS) is 19.1. The number of nitrogens with zero attached hydrogens (tertiary/aromatic N) is 3. The Morgan fingerprint density at radius 1 is 1.58 bits per heavy atom. The lowest BCUT2D eigenvalue weighted by molar-refractivity contribution is 0.0663. The van der Waals surface area contributed by atoms with Crippen molar-refractivity contribution in [3.63, 3.8) is 0 Å². The van der Waals surface area contributed by atoms with Crippen molar-refractivity contribution >= 4 is 18.3 Å². The molecule has 2 rings (SSSR count). The number of aryl methyl sites for hydroxylation is 2. The monoisotopic (exact) mass is 286 g/mol. The van der Waals surface area contributed by atoms with Gasteiger partial charge in [0.2, 0.25) is 0 Å². The summed E-state index contributed by atoms with van der Waals surface area (Å²) in [5, 5.41) is 4.26. The van der Waals surface area contributed by atoms with Crippen LogP contribution in [0.15, 0.2) is 6.07 Å². The molecule has 1 aromatic heterocycles. The van der Waals surface area contributed by atoms with Crippen LogP contribution in [-0.2, 0) is 7.05 Å². The number of nitrogens with two attached hydrogens (primary N) is 1. The van der Waals surface area contributed by atoms with Crippen LogP contribution in [0.4, 0.5) is 0 Å². The zero-order valence-electron chi connectivity index (χ0n) is 11.6. The Bertz CT molecular complexity index is 411. The third kappa shape index (κ3) is 3.70. The molecule has 1 amide bonds. The van der Waals surface area contributed by atoms with Crippen LogP contribution in [0.25, 0.3) is 0 Å². The molecule has 0 aromatic carbocycles. The van der Waals surface area contributed by atoms with E-state index in [0.717, 1.165) is 31.6 Å². The summed E-state index contributed by atoms with van der Waals surface area (Å²) in [7, 11) is 1.86. The number of hydrogen-bond acceptors (Lipinski definition) is 3. The first kappa shape index (κ1) is 16.0. The van der Waals surface area contributed by atoms with E-state index < -0.39 is 0 Å². The fourth-order valence-corrected chi connectivity index (χ4v) is 2.55.